The highest BCUT2D eigenvalue weighted by Gasteiger charge is 2.53. The Balaban J connectivity index is 1.24. The number of fused-ring (bicyclic) bond motifs is 3. The molecule has 1 unspecified atom stereocenters. The van der Waals surface area contributed by atoms with Crippen molar-refractivity contribution >= 4 is 12.1 Å². The van der Waals surface area contributed by atoms with Crippen LogP contribution in [0.2, 0.25) is 0 Å². The average Bonchev–Trinajstić information content (AvgIpc) is 3.84. The lowest BCUT2D eigenvalue weighted by molar-refractivity contribution is -0.141. The van der Waals surface area contributed by atoms with Gasteiger partial charge in [-0.1, -0.05) is 30.3 Å². The molecule has 3 aromatic carbocycles. The van der Waals surface area contributed by atoms with Gasteiger partial charge in [-0.15, -0.1) is 0 Å². The van der Waals surface area contributed by atoms with E-state index in [2.05, 4.69) is 5.32 Å². The van der Waals surface area contributed by atoms with Crippen molar-refractivity contribution in [1.82, 2.24) is 5.32 Å². The number of carbonyl (C=O) groups is 2. The summed E-state index contributed by atoms with van der Waals surface area (Å²) in [7, 11) is 2.95. The molecule has 7 rings (SSSR count). The molecular formula is C34H35NO10. The molecule has 45 heavy (non-hydrogen) atoms. The summed E-state index contributed by atoms with van der Waals surface area (Å²) in [6.45, 7) is 1.89. The van der Waals surface area contributed by atoms with Crippen LogP contribution < -0.4 is 29.0 Å². The maximum absolute atomic E-state index is 13.5. The van der Waals surface area contributed by atoms with Crippen molar-refractivity contribution in [1.29, 1.82) is 0 Å². The van der Waals surface area contributed by atoms with Gasteiger partial charge in [-0.25, -0.2) is 4.79 Å². The van der Waals surface area contributed by atoms with Crippen molar-refractivity contribution in [3.05, 3.63) is 76.9 Å². The van der Waals surface area contributed by atoms with Crippen molar-refractivity contribution in [3.63, 3.8) is 0 Å². The summed E-state index contributed by atoms with van der Waals surface area (Å²) in [5.41, 5.74) is 3.33. The Kier molecular flexibility index (Phi) is 8.12. The largest absolute Gasteiger partial charge is 0.514 e. The Morgan fingerprint density at radius 2 is 1.69 bits per heavy atom. The second kappa shape index (κ2) is 12.5. The first kappa shape index (κ1) is 29.2. The van der Waals surface area contributed by atoms with Gasteiger partial charge in [0.15, 0.2) is 23.0 Å². The Labute approximate surface area is 260 Å². The molecule has 3 heterocycles. The summed E-state index contributed by atoms with van der Waals surface area (Å²) in [6, 6.07) is 17.0. The standard InChI is InChI=1S/C34H35NO10/c1-38-27-11-20(12-28(39-2)32(27)45-34(37)42-15-19-7-4-3-5-8-19)29-22-13-25-26(44-18-43-25)14-23(22)31(24-17-41-33(36)30(24)29)40-16-21-9-6-10-35-21/h3-5,7-8,11-14,21,24,29-31,35H,6,9-10,15-18H2,1-2H3/t21-,24?,29-,30+,31-/m1/s1. The summed E-state index contributed by atoms with van der Waals surface area (Å²) in [5, 5.41) is 3.48. The normalized spacial score (nSPS) is 24.4. The zero-order valence-corrected chi connectivity index (χ0v) is 25.1. The monoisotopic (exact) mass is 617 g/mol. The Morgan fingerprint density at radius 3 is 2.38 bits per heavy atom. The van der Waals surface area contributed by atoms with Gasteiger partial charge in [0.1, 0.15) is 6.61 Å². The SMILES string of the molecule is COc1cc([C@@H]2c3cc4c(cc3[C@@H](OC[C@H]3CCCN3)C3COC(=O)[C@@H]32)OCO4)cc(OC)c1OC(=O)OCc1ccccc1. The van der Waals surface area contributed by atoms with Crippen molar-refractivity contribution in [2.24, 2.45) is 11.8 Å². The molecule has 0 spiro atoms. The number of rotatable bonds is 9. The minimum atomic E-state index is -0.907. The number of methoxy groups -OCH3 is 2. The van der Waals surface area contributed by atoms with E-state index in [1.165, 1.54) is 14.2 Å². The fourth-order valence-corrected chi connectivity index (χ4v) is 6.85. The van der Waals surface area contributed by atoms with Crippen LogP contribution in [0.4, 0.5) is 4.79 Å². The van der Waals surface area contributed by atoms with Crippen LogP contribution in [-0.2, 0) is 25.6 Å². The van der Waals surface area contributed by atoms with Crippen molar-refractivity contribution in [2.45, 2.75) is 37.5 Å². The van der Waals surface area contributed by atoms with E-state index < -0.39 is 18.0 Å². The van der Waals surface area contributed by atoms with E-state index in [9.17, 15) is 9.59 Å². The summed E-state index contributed by atoms with van der Waals surface area (Å²) >= 11 is 0. The lowest BCUT2D eigenvalue weighted by Crippen LogP contribution is -2.37. The van der Waals surface area contributed by atoms with Crippen molar-refractivity contribution < 1.29 is 47.5 Å². The maximum atomic E-state index is 13.5. The summed E-state index contributed by atoms with van der Waals surface area (Å²) in [5.74, 6) is 0.253. The van der Waals surface area contributed by atoms with Crippen molar-refractivity contribution in [2.75, 3.05) is 40.8 Å². The topological polar surface area (TPSA) is 120 Å². The zero-order valence-electron chi connectivity index (χ0n) is 25.1. The third-order valence-electron chi connectivity index (χ3n) is 8.99. The molecule has 2 saturated heterocycles. The van der Waals surface area contributed by atoms with Gasteiger partial charge in [0.05, 0.1) is 39.5 Å². The smallest absolute Gasteiger partial charge is 0.493 e. The fraction of sp³-hybridized carbons (Fsp3) is 0.412. The number of esters is 1. The molecule has 0 amide bonds. The van der Waals surface area contributed by atoms with Crippen LogP contribution >= 0.6 is 0 Å². The second-order valence-corrected chi connectivity index (χ2v) is 11.6. The van der Waals surface area contributed by atoms with E-state index in [-0.39, 0.29) is 61.3 Å². The molecule has 0 bridgehead atoms. The minimum absolute atomic E-state index is 0.0442. The quantitative estimate of drug-likeness (QED) is 0.261. The van der Waals surface area contributed by atoms with Gasteiger partial charge in [-0.05, 0) is 65.9 Å². The van der Waals surface area contributed by atoms with Crippen LogP contribution in [0.1, 0.15) is 47.1 Å². The number of carbonyl (C=O) groups excluding carboxylic acids is 2. The van der Waals surface area contributed by atoms with Crippen LogP contribution in [0.5, 0.6) is 28.7 Å². The lowest BCUT2D eigenvalue weighted by atomic mass is 9.66. The highest BCUT2D eigenvalue weighted by Crippen LogP contribution is 2.56. The van der Waals surface area contributed by atoms with Crippen LogP contribution in [-0.4, -0.2) is 58.9 Å². The molecule has 0 radical (unpaired) electrons. The van der Waals surface area contributed by atoms with Crippen LogP contribution in [0.25, 0.3) is 0 Å². The molecule has 3 aromatic rings. The first-order valence-corrected chi connectivity index (χ1v) is 15.1. The van der Waals surface area contributed by atoms with Gasteiger partial charge >= 0.3 is 12.1 Å². The lowest BCUT2D eigenvalue weighted by Gasteiger charge is -2.39. The van der Waals surface area contributed by atoms with Gasteiger partial charge in [-0.3, -0.25) is 4.79 Å². The highest BCUT2D eigenvalue weighted by atomic mass is 16.7. The number of cyclic esters (lactones) is 1. The highest BCUT2D eigenvalue weighted by molar-refractivity contribution is 5.79. The van der Waals surface area contributed by atoms with Crippen LogP contribution in [0.15, 0.2) is 54.6 Å². The molecular weight excluding hydrogens is 582 g/mol. The van der Waals surface area contributed by atoms with Gasteiger partial charge in [0, 0.05) is 17.9 Å². The molecule has 236 valence electrons. The molecule has 5 atom stereocenters. The first-order chi connectivity index (χ1) is 22.0. The molecule has 1 N–H and O–H groups in total. The summed E-state index contributed by atoms with van der Waals surface area (Å²) in [4.78, 5) is 26.2. The Hall–Kier alpha value is -4.48. The van der Waals surface area contributed by atoms with Gasteiger partial charge in [0.2, 0.25) is 12.5 Å². The van der Waals surface area contributed by atoms with E-state index in [1.807, 2.05) is 42.5 Å². The molecule has 2 fully saturated rings. The van der Waals surface area contributed by atoms with E-state index >= 15 is 0 Å². The van der Waals surface area contributed by atoms with Crippen LogP contribution in [0.3, 0.4) is 0 Å². The van der Waals surface area contributed by atoms with E-state index in [1.54, 1.807) is 12.1 Å². The molecule has 0 saturated carbocycles. The molecule has 11 nitrogen and oxygen atoms in total. The molecule has 4 aliphatic rings. The van der Waals surface area contributed by atoms with Crippen molar-refractivity contribution in [3.8, 4) is 28.7 Å². The zero-order chi connectivity index (χ0) is 30.9. The van der Waals surface area contributed by atoms with E-state index in [0.717, 1.165) is 41.6 Å². The number of benzene rings is 3. The first-order valence-electron chi connectivity index (χ1n) is 15.1. The third-order valence-corrected chi connectivity index (χ3v) is 8.99. The number of nitrogens with one attached hydrogen (secondary N) is 1. The average molecular weight is 618 g/mol. The predicted octanol–water partition coefficient (Wildman–Crippen LogP) is 4.89. The molecule has 0 aromatic heterocycles. The number of hydrogen-bond donors (Lipinski definition) is 1. The third kappa shape index (κ3) is 5.62. The Morgan fingerprint density at radius 1 is 0.956 bits per heavy atom. The van der Waals surface area contributed by atoms with Gasteiger partial charge < -0.3 is 43.2 Å². The fourth-order valence-electron chi connectivity index (χ4n) is 6.85. The van der Waals surface area contributed by atoms with Gasteiger partial charge in [-0.2, -0.15) is 0 Å². The predicted molar refractivity (Wildman–Crippen MR) is 159 cm³/mol. The van der Waals surface area contributed by atoms with Crippen LogP contribution in [0, 0.1) is 11.8 Å². The van der Waals surface area contributed by atoms with E-state index in [4.69, 9.17) is 37.9 Å². The second-order valence-electron chi connectivity index (χ2n) is 11.6. The Bertz CT molecular complexity index is 1550. The number of hydrogen-bond acceptors (Lipinski definition) is 11. The van der Waals surface area contributed by atoms with E-state index in [0.29, 0.717) is 18.1 Å². The summed E-state index contributed by atoms with van der Waals surface area (Å²) in [6.07, 6.45) is 0.865. The molecule has 1 aliphatic carbocycles. The molecule has 11 heteroatoms. The minimum Gasteiger partial charge on any atom is -0.493 e. The molecule has 3 aliphatic heterocycles. The summed E-state index contributed by atoms with van der Waals surface area (Å²) < 4.78 is 46.1. The van der Waals surface area contributed by atoms with Gasteiger partial charge in [0.25, 0.3) is 0 Å². The number of ether oxygens (including phenoxy) is 8. The maximum Gasteiger partial charge on any atom is 0.514 e.